The summed E-state index contributed by atoms with van der Waals surface area (Å²) < 4.78 is 25.1. The maximum absolute atomic E-state index is 13.4. The first-order valence-corrected chi connectivity index (χ1v) is 9.57. The maximum atomic E-state index is 13.4. The van der Waals surface area contributed by atoms with Crippen molar-refractivity contribution in [2.75, 3.05) is 12.4 Å². The van der Waals surface area contributed by atoms with Gasteiger partial charge >= 0.3 is 0 Å². The van der Waals surface area contributed by atoms with E-state index in [9.17, 15) is 4.39 Å². The zero-order chi connectivity index (χ0) is 20.6. The van der Waals surface area contributed by atoms with Gasteiger partial charge in [-0.2, -0.15) is 0 Å². The van der Waals surface area contributed by atoms with Gasteiger partial charge in [-0.05, 0) is 66.4 Å². The number of ether oxygens (including phenoxy) is 2. The molecule has 0 heterocycles. The van der Waals surface area contributed by atoms with Crippen LogP contribution in [-0.4, -0.2) is 7.11 Å². The van der Waals surface area contributed by atoms with Crippen LogP contribution in [0.25, 0.3) is 0 Å². The minimum Gasteiger partial charge on any atom is -0.493 e. The van der Waals surface area contributed by atoms with Crippen LogP contribution in [0.1, 0.15) is 22.3 Å². The molecule has 29 heavy (non-hydrogen) atoms. The SMILES string of the molecule is C=CCc1cc(CNc2cccc(C)c2)cc(OC)c1OCc1cccc(F)c1. The summed E-state index contributed by atoms with van der Waals surface area (Å²) in [6, 6.07) is 18.7. The number of methoxy groups -OCH3 is 1. The highest BCUT2D eigenvalue weighted by Gasteiger charge is 2.13. The molecule has 0 unspecified atom stereocenters. The van der Waals surface area contributed by atoms with Gasteiger partial charge in [-0.1, -0.05) is 30.3 Å². The first-order chi connectivity index (χ1) is 14.1. The monoisotopic (exact) mass is 391 g/mol. The van der Waals surface area contributed by atoms with E-state index in [2.05, 4.69) is 37.0 Å². The van der Waals surface area contributed by atoms with Gasteiger partial charge in [0.2, 0.25) is 0 Å². The first kappa shape index (κ1) is 20.5. The molecule has 0 aliphatic heterocycles. The number of aryl methyl sites for hydroxylation is 1. The van der Waals surface area contributed by atoms with Crippen molar-refractivity contribution in [3.8, 4) is 11.5 Å². The molecule has 0 saturated carbocycles. The molecule has 0 saturated heterocycles. The number of halogens is 1. The van der Waals surface area contributed by atoms with Gasteiger partial charge in [0, 0.05) is 17.8 Å². The van der Waals surface area contributed by atoms with Gasteiger partial charge in [0.15, 0.2) is 11.5 Å². The van der Waals surface area contributed by atoms with E-state index >= 15 is 0 Å². The van der Waals surface area contributed by atoms with Gasteiger partial charge in [-0.25, -0.2) is 4.39 Å². The van der Waals surface area contributed by atoms with E-state index in [1.165, 1.54) is 17.7 Å². The average molecular weight is 391 g/mol. The Hall–Kier alpha value is -3.27. The lowest BCUT2D eigenvalue weighted by Crippen LogP contribution is -2.05. The lowest BCUT2D eigenvalue weighted by atomic mass is 10.0. The second kappa shape index (κ2) is 9.78. The van der Waals surface area contributed by atoms with Crippen molar-refractivity contribution >= 4 is 5.69 Å². The van der Waals surface area contributed by atoms with Crippen molar-refractivity contribution in [1.29, 1.82) is 0 Å². The molecule has 1 N–H and O–H groups in total. The fourth-order valence-corrected chi connectivity index (χ4v) is 3.19. The predicted octanol–water partition coefficient (Wildman–Crippen LogP) is 6.06. The summed E-state index contributed by atoms with van der Waals surface area (Å²) in [5.41, 5.74) is 5.11. The van der Waals surface area contributed by atoms with Crippen molar-refractivity contribution in [3.05, 3.63) is 101 Å². The van der Waals surface area contributed by atoms with Crippen LogP contribution < -0.4 is 14.8 Å². The summed E-state index contributed by atoms with van der Waals surface area (Å²) in [6.45, 7) is 6.85. The first-order valence-electron chi connectivity index (χ1n) is 9.57. The van der Waals surface area contributed by atoms with E-state index in [1.807, 2.05) is 30.3 Å². The highest BCUT2D eigenvalue weighted by Crippen LogP contribution is 2.34. The van der Waals surface area contributed by atoms with Crippen LogP contribution in [0.3, 0.4) is 0 Å². The second-order valence-corrected chi connectivity index (χ2v) is 6.92. The molecule has 3 rings (SSSR count). The molecule has 3 aromatic rings. The van der Waals surface area contributed by atoms with Gasteiger partial charge in [0.25, 0.3) is 0 Å². The zero-order valence-electron chi connectivity index (χ0n) is 16.9. The van der Waals surface area contributed by atoms with Crippen molar-refractivity contribution < 1.29 is 13.9 Å². The van der Waals surface area contributed by atoms with Crippen LogP contribution in [0.5, 0.6) is 11.5 Å². The minimum absolute atomic E-state index is 0.263. The van der Waals surface area contributed by atoms with Crippen LogP contribution in [0.2, 0.25) is 0 Å². The molecular weight excluding hydrogens is 365 g/mol. The molecule has 0 aromatic heterocycles. The molecule has 0 bridgehead atoms. The van der Waals surface area contributed by atoms with Crippen molar-refractivity contribution in [1.82, 2.24) is 0 Å². The summed E-state index contributed by atoms with van der Waals surface area (Å²) in [5, 5.41) is 3.44. The van der Waals surface area contributed by atoms with Crippen LogP contribution in [0, 0.1) is 12.7 Å². The Labute approximate surface area is 171 Å². The normalized spacial score (nSPS) is 10.4. The number of nitrogens with one attached hydrogen (secondary N) is 1. The average Bonchev–Trinajstić information content (AvgIpc) is 2.71. The maximum Gasteiger partial charge on any atom is 0.165 e. The zero-order valence-corrected chi connectivity index (χ0v) is 16.9. The fourth-order valence-electron chi connectivity index (χ4n) is 3.19. The van der Waals surface area contributed by atoms with Crippen LogP contribution in [0.15, 0.2) is 73.3 Å². The minimum atomic E-state index is -0.276. The number of rotatable bonds is 9. The third-order valence-corrected chi connectivity index (χ3v) is 4.56. The molecule has 0 amide bonds. The third kappa shape index (κ3) is 5.61. The highest BCUT2D eigenvalue weighted by atomic mass is 19.1. The van der Waals surface area contributed by atoms with E-state index in [0.29, 0.717) is 24.5 Å². The molecule has 0 atom stereocenters. The van der Waals surface area contributed by atoms with Gasteiger partial charge in [0.05, 0.1) is 7.11 Å². The second-order valence-electron chi connectivity index (χ2n) is 6.92. The molecule has 3 nitrogen and oxygen atoms in total. The summed E-state index contributed by atoms with van der Waals surface area (Å²) in [7, 11) is 1.62. The Bertz CT molecular complexity index is 984. The van der Waals surface area contributed by atoms with E-state index in [4.69, 9.17) is 9.47 Å². The van der Waals surface area contributed by atoms with E-state index in [-0.39, 0.29) is 12.4 Å². The molecule has 150 valence electrons. The van der Waals surface area contributed by atoms with Gasteiger partial charge in [-0.3, -0.25) is 0 Å². The molecule has 0 fully saturated rings. The Kier molecular flexibility index (Phi) is 6.90. The van der Waals surface area contributed by atoms with Crippen molar-refractivity contribution in [3.63, 3.8) is 0 Å². The predicted molar refractivity (Wildman–Crippen MR) is 116 cm³/mol. The Morgan fingerprint density at radius 3 is 2.59 bits per heavy atom. The number of anilines is 1. The van der Waals surface area contributed by atoms with Crippen LogP contribution in [0.4, 0.5) is 10.1 Å². The molecule has 0 spiro atoms. The summed E-state index contributed by atoms with van der Waals surface area (Å²) in [6.07, 6.45) is 2.48. The van der Waals surface area contributed by atoms with Crippen LogP contribution in [-0.2, 0) is 19.6 Å². The topological polar surface area (TPSA) is 30.5 Å². The number of hydrogen-bond donors (Lipinski definition) is 1. The van der Waals surface area contributed by atoms with E-state index in [0.717, 1.165) is 22.4 Å². The number of hydrogen-bond acceptors (Lipinski definition) is 3. The standard InChI is InChI=1S/C25H26FNO2/c1-4-7-21-13-20(16-27-23-11-5-8-18(2)12-23)15-24(28-3)25(21)29-17-19-9-6-10-22(26)14-19/h4-6,8-15,27H,1,7,16-17H2,2-3H3. The molecule has 4 heteroatoms. The molecular formula is C25H26FNO2. The van der Waals surface area contributed by atoms with Gasteiger partial charge < -0.3 is 14.8 Å². The summed E-state index contributed by atoms with van der Waals surface area (Å²) >= 11 is 0. The van der Waals surface area contributed by atoms with Crippen LogP contribution >= 0.6 is 0 Å². The molecule has 0 aliphatic carbocycles. The Morgan fingerprint density at radius 2 is 1.86 bits per heavy atom. The van der Waals surface area contributed by atoms with E-state index < -0.39 is 0 Å². The van der Waals surface area contributed by atoms with E-state index in [1.54, 1.807) is 13.2 Å². The Balaban J connectivity index is 1.81. The molecule has 0 radical (unpaired) electrons. The largest absolute Gasteiger partial charge is 0.493 e. The van der Waals surface area contributed by atoms with Crippen molar-refractivity contribution in [2.24, 2.45) is 0 Å². The summed E-state index contributed by atoms with van der Waals surface area (Å²) in [4.78, 5) is 0. The molecule has 3 aromatic carbocycles. The van der Waals surface area contributed by atoms with Gasteiger partial charge in [-0.15, -0.1) is 6.58 Å². The van der Waals surface area contributed by atoms with Gasteiger partial charge in [0.1, 0.15) is 12.4 Å². The molecule has 0 aliphatic rings. The third-order valence-electron chi connectivity index (χ3n) is 4.56. The lowest BCUT2D eigenvalue weighted by Gasteiger charge is -2.17. The Morgan fingerprint density at radius 1 is 1.03 bits per heavy atom. The van der Waals surface area contributed by atoms with Crippen molar-refractivity contribution in [2.45, 2.75) is 26.5 Å². The lowest BCUT2D eigenvalue weighted by molar-refractivity contribution is 0.281. The quantitative estimate of drug-likeness (QED) is 0.450. The summed E-state index contributed by atoms with van der Waals surface area (Å²) in [5.74, 6) is 1.04. The highest BCUT2D eigenvalue weighted by molar-refractivity contribution is 5.52. The number of allylic oxidation sites excluding steroid dienone is 1. The number of benzene rings is 3. The fraction of sp³-hybridized carbons (Fsp3) is 0.200. The smallest absolute Gasteiger partial charge is 0.165 e.